The number of nitrogens with two attached hydrogens (primary N) is 1. The maximum atomic E-state index is 11.5. The first-order valence-corrected chi connectivity index (χ1v) is 4.87. The molecule has 0 bridgehead atoms. The minimum Gasteiger partial charge on any atom is -0.546 e. The van der Waals surface area contributed by atoms with Crippen molar-refractivity contribution in [2.75, 3.05) is 12.3 Å². The van der Waals surface area contributed by atoms with E-state index in [0.29, 0.717) is 18.4 Å². The van der Waals surface area contributed by atoms with E-state index < -0.39 is 12.6 Å². The number of Topliss-reactive ketones (excluding diaryl/α,β-unsaturated/α-hetero) is 1. The number of hydrogen-bond donors (Lipinski definition) is 1. The van der Waals surface area contributed by atoms with Crippen LogP contribution in [0.15, 0.2) is 12.1 Å². The molecule has 5 nitrogen and oxygen atoms in total. The topological polar surface area (TPSA) is 92.4 Å². The van der Waals surface area contributed by atoms with Gasteiger partial charge in [0.2, 0.25) is 0 Å². The fourth-order valence-corrected chi connectivity index (χ4v) is 1.82. The molecule has 16 heavy (non-hydrogen) atoms. The Bertz CT molecular complexity index is 467. The SMILES string of the molecule is Nc1c(OCC(=O)[O-])ccc2c1C(=O)CC2. The van der Waals surface area contributed by atoms with E-state index in [-0.39, 0.29) is 17.2 Å². The first-order valence-electron chi connectivity index (χ1n) is 4.87. The lowest BCUT2D eigenvalue weighted by Crippen LogP contribution is -2.29. The summed E-state index contributed by atoms with van der Waals surface area (Å²) >= 11 is 0. The number of carbonyl (C=O) groups excluding carboxylic acids is 2. The van der Waals surface area contributed by atoms with E-state index in [4.69, 9.17) is 10.5 Å². The van der Waals surface area contributed by atoms with Crippen molar-refractivity contribution in [3.05, 3.63) is 23.3 Å². The van der Waals surface area contributed by atoms with Crippen LogP contribution in [0.5, 0.6) is 5.75 Å². The second-order valence-corrected chi connectivity index (χ2v) is 3.60. The second-order valence-electron chi connectivity index (χ2n) is 3.60. The third kappa shape index (κ3) is 1.71. The number of carboxylic acid groups (broad SMARTS) is 1. The first-order chi connectivity index (χ1) is 7.59. The van der Waals surface area contributed by atoms with Gasteiger partial charge in [0.05, 0.1) is 11.7 Å². The minimum absolute atomic E-state index is 0.0219. The number of hydrogen-bond acceptors (Lipinski definition) is 5. The highest BCUT2D eigenvalue weighted by Gasteiger charge is 2.24. The summed E-state index contributed by atoms with van der Waals surface area (Å²) in [5.74, 6) is -1.13. The molecule has 1 aromatic carbocycles. The highest BCUT2D eigenvalue weighted by Crippen LogP contribution is 2.33. The molecule has 0 aliphatic heterocycles. The average molecular weight is 220 g/mol. The maximum absolute atomic E-state index is 11.5. The van der Waals surface area contributed by atoms with Crippen LogP contribution in [-0.4, -0.2) is 18.4 Å². The van der Waals surface area contributed by atoms with Crippen LogP contribution in [-0.2, 0) is 11.2 Å². The molecule has 0 atom stereocenters. The molecule has 5 heteroatoms. The van der Waals surface area contributed by atoms with Gasteiger partial charge in [0.15, 0.2) is 5.78 Å². The second kappa shape index (κ2) is 3.84. The Morgan fingerprint density at radius 1 is 1.44 bits per heavy atom. The zero-order valence-corrected chi connectivity index (χ0v) is 8.49. The lowest BCUT2D eigenvalue weighted by molar-refractivity contribution is -0.307. The standard InChI is InChI=1S/C11H11NO4/c12-11-8(16-5-9(14)15)4-2-6-1-3-7(13)10(6)11/h2,4H,1,3,5,12H2,(H,14,15)/p-1. The third-order valence-electron chi connectivity index (χ3n) is 2.54. The van der Waals surface area contributed by atoms with Crippen molar-refractivity contribution in [3.8, 4) is 5.75 Å². The Balaban J connectivity index is 2.32. The summed E-state index contributed by atoms with van der Waals surface area (Å²) in [5, 5.41) is 10.2. The van der Waals surface area contributed by atoms with Crippen molar-refractivity contribution in [1.29, 1.82) is 0 Å². The Kier molecular flexibility index (Phi) is 2.52. The van der Waals surface area contributed by atoms with Gasteiger partial charge < -0.3 is 20.4 Å². The number of aryl methyl sites for hydroxylation is 1. The molecule has 0 heterocycles. The number of fused-ring (bicyclic) bond motifs is 1. The molecule has 2 rings (SSSR count). The fourth-order valence-electron chi connectivity index (χ4n) is 1.82. The van der Waals surface area contributed by atoms with Crippen LogP contribution in [0.25, 0.3) is 0 Å². The number of aliphatic carboxylic acids is 1. The van der Waals surface area contributed by atoms with Crippen LogP contribution in [0.4, 0.5) is 5.69 Å². The molecule has 0 fully saturated rings. The van der Waals surface area contributed by atoms with Gasteiger partial charge in [-0.1, -0.05) is 6.07 Å². The molecule has 0 aromatic heterocycles. The van der Waals surface area contributed by atoms with Gasteiger partial charge in [0, 0.05) is 12.0 Å². The summed E-state index contributed by atoms with van der Waals surface area (Å²) in [4.78, 5) is 21.8. The summed E-state index contributed by atoms with van der Waals surface area (Å²) in [6.45, 7) is -0.572. The Labute approximate surface area is 91.8 Å². The zero-order chi connectivity index (χ0) is 11.7. The number of benzene rings is 1. The molecular formula is C11H10NO4-. The van der Waals surface area contributed by atoms with Gasteiger partial charge in [-0.25, -0.2) is 0 Å². The number of ketones is 1. The van der Waals surface area contributed by atoms with Gasteiger partial charge in [0.1, 0.15) is 12.4 Å². The summed E-state index contributed by atoms with van der Waals surface area (Å²) in [7, 11) is 0. The molecule has 1 aromatic rings. The molecule has 0 amide bonds. The monoisotopic (exact) mass is 220 g/mol. The number of ether oxygens (including phenoxy) is 1. The predicted octanol–water partition coefficient (Wildman–Crippen LogP) is -0.474. The summed E-state index contributed by atoms with van der Waals surface area (Å²) in [6, 6.07) is 3.32. The molecule has 2 N–H and O–H groups in total. The van der Waals surface area contributed by atoms with Crippen molar-refractivity contribution < 1.29 is 19.4 Å². The average Bonchev–Trinajstić information content (AvgIpc) is 2.60. The highest BCUT2D eigenvalue weighted by molar-refractivity contribution is 6.05. The summed E-state index contributed by atoms with van der Waals surface area (Å²) < 4.78 is 4.93. The van der Waals surface area contributed by atoms with E-state index in [1.165, 1.54) is 0 Å². The van der Waals surface area contributed by atoms with E-state index >= 15 is 0 Å². The first kappa shape index (κ1) is 10.5. The lowest BCUT2D eigenvalue weighted by atomic mass is 10.1. The highest BCUT2D eigenvalue weighted by atomic mass is 16.5. The predicted molar refractivity (Wildman–Crippen MR) is 54.0 cm³/mol. The molecule has 84 valence electrons. The van der Waals surface area contributed by atoms with E-state index in [0.717, 1.165) is 5.56 Å². The van der Waals surface area contributed by atoms with Gasteiger partial charge in [-0.2, -0.15) is 0 Å². The summed E-state index contributed by atoms with van der Waals surface area (Å²) in [5.41, 5.74) is 7.34. The number of carbonyl (C=O) groups is 2. The van der Waals surface area contributed by atoms with E-state index in [2.05, 4.69) is 0 Å². The van der Waals surface area contributed by atoms with Gasteiger partial charge in [-0.05, 0) is 18.1 Å². The van der Waals surface area contributed by atoms with Crippen molar-refractivity contribution in [3.63, 3.8) is 0 Å². The summed E-state index contributed by atoms with van der Waals surface area (Å²) in [6.07, 6.45) is 1.13. The smallest absolute Gasteiger partial charge is 0.165 e. The molecule has 0 radical (unpaired) electrons. The zero-order valence-electron chi connectivity index (χ0n) is 8.49. The molecule has 1 aliphatic rings. The molecule has 0 spiro atoms. The van der Waals surface area contributed by atoms with E-state index in [9.17, 15) is 14.7 Å². The molecule has 1 aliphatic carbocycles. The van der Waals surface area contributed by atoms with Crippen molar-refractivity contribution >= 4 is 17.4 Å². The van der Waals surface area contributed by atoms with Gasteiger partial charge in [0.25, 0.3) is 0 Å². The largest absolute Gasteiger partial charge is 0.546 e. The van der Waals surface area contributed by atoms with Crippen LogP contribution < -0.4 is 15.6 Å². The maximum Gasteiger partial charge on any atom is 0.165 e. The molecule has 0 saturated heterocycles. The van der Waals surface area contributed by atoms with Gasteiger partial charge >= 0.3 is 0 Å². The van der Waals surface area contributed by atoms with E-state index in [1.54, 1.807) is 12.1 Å². The van der Waals surface area contributed by atoms with Crippen molar-refractivity contribution in [2.45, 2.75) is 12.8 Å². The number of nitrogen functional groups attached to an aromatic ring is 1. The minimum atomic E-state index is -1.33. The van der Waals surface area contributed by atoms with Crippen LogP contribution in [0, 0.1) is 0 Å². The quantitative estimate of drug-likeness (QED) is 0.695. The van der Waals surface area contributed by atoms with Crippen LogP contribution in [0.3, 0.4) is 0 Å². The van der Waals surface area contributed by atoms with Crippen molar-refractivity contribution in [1.82, 2.24) is 0 Å². The van der Waals surface area contributed by atoms with Gasteiger partial charge in [-0.15, -0.1) is 0 Å². The molecule has 0 saturated carbocycles. The van der Waals surface area contributed by atoms with Crippen LogP contribution in [0.1, 0.15) is 22.3 Å². The van der Waals surface area contributed by atoms with Crippen molar-refractivity contribution in [2.24, 2.45) is 0 Å². The van der Waals surface area contributed by atoms with Gasteiger partial charge in [-0.3, -0.25) is 4.79 Å². The fraction of sp³-hybridized carbons (Fsp3) is 0.273. The number of rotatable bonds is 3. The Morgan fingerprint density at radius 2 is 2.19 bits per heavy atom. The lowest BCUT2D eigenvalue weighted by Gasteiger charge is -2.11. The Morgan fingerprint density at radius 3 is 2.88 bits per heavy atom. The van der Waals surface area contributed by atoms with Crippen LogP contribution in [0.2, 0.25) is 0 Å². The molecule has 0 unspecified atom stereocenters. The molecular weight excluding hydrogens is 210 g/mol. The number of anilines is 1. The number of carboxylic acids is 1. The Hall–Kier alpha value is -2.04. The third-order valence-corrected chi connectivity index (χ3v) is 2.54. The van der Waals surface area contributed by atoms with E-state index in [1.807, 2.05) is 0 Å². The van der Waals surface area contributed by atoms with Crippen LogP contribution >= 0.6 is 0 Å². The normalized spacial score (nSPS) is 13.6.